The molecule has 0 saturated heterocycles. The second-order valence-electron chi connectivity index (χ2n) is 3.81. The van der Waals surface area contributed by atoms with E-state index in [0.717, 1.165) is 27.2 Å². The predicted molar refractivity (Wildman–Crippen MR) is 85.0 cm³/mol. The van der Waals surface area contributed by atoms with Crippen molar-refractivity contribution in [3.63, 3.8) is 0 Å². The van der Waals surface area contributed by atoms with E-state index in [1.165, 1.54) is 6.33 Å². The summed E-state index contributed by atoms with van der Waals surface area (Å²) < 4.78 is 9.17. The smallest absolute Gasteiger partial charge is 0.150 e. The van der Waals surface area contributed by atoms with Gasteiger partial charge in [-0.1, -0.05) is 11.6 Å². The van der Waals surface area contributed by atoms with Crippen LogP contribution >= 0.6 is 39.3 Å². The zero-order valence-electron chi connectivity index (χ0n) is 10.2. The number of nitrogens with zero attached hydrogens (tertiary/aromatic N) is 4. The third kappa shape index (κ3) is 2.30. The Hall–Kier alpha value is -1.51. The molecule has 3 rings (SSSR count). The fraction of sp³-hybridized carbons (Fsp3) is 0.0909. The molecule has 2 heterocycles. The SMILES string of the molecule is CNc1ncnc(Nc2c(Cl)ccc3nsnc23)c1Br. The Morgan fingerprint density at radius 3 is 2.80 bits per heavy atom. The van der Waals surface area contributed by atoms with Gasteiger partial charge in [0, 0.05) is 7.05 Å². The molecule has 3 aromatic rings. The van der Waals surface area contributed by atoms with Crippen molar-refractivity contribution in [2.24, 2.45) is 0 Å². The van der Waals surface area contributed by atoms with Gasteiger partial charge in [-0.15, -0.1) is 0 Å². The summed E-state index contributed by atoms with van der Waals surface area (Å²) in [4.78, 5) is 8.31. The van der Waals surface area contributed by atoms with E-state index in [2.05, 4.69) is 45.3 Å². The summed E-state index contributed by atoms with van der Waals surface area (Å²) in [6.45, 7) is 0. The quantitative estimate of drug-likeness (QED) is 0.731. The van der Waals surface area contributed by atoms with Gasteiger partial charge < -0.3 is 10.6 Å². The molecule has 0 bridgehead atoms. The molecule has 0 amide bonds. The van der Waals surface area contributed by atoms with Crippen LogP contribution in [-0.4, -0.2) is 25.8 Å². The first-order chi connectivity index (χ1) is 9.70. The van der Waals surface area contributed by atoms with Crippen LogP contribution in [0.3, 0.4) is 0 Å². The van der Waals surface area contributed by atoms with Gasteiger partial charge in [0.1, 0.15) is 33.5 Å². The number of fused-ring (bicyclic) bond motifs is 1. The van der Waals surface area contributed by atoms with Crippen LogP contribution in [0.4, 0.5) is 17.3 Å². The van der Waals surface area contributed by atoms with E-state index in [9.17, 15) is 0 Å². The fourth-order valence-corrected chi connectivity index (χ4v) is 2.94. The number of rotatable bonds is 3. The monoisotopic (exact) mass is 370 g/mol. The molecule has 1 aromatic carbocycles. The number of benzene rings is 1. The van der Waals surface area contributed by atoms with Crippen LogP contribution in [0.15, 0.2) is 22.9 Å². The van der Waals surface area contributed by atoms with Crippen molar-refractivity contribution in [2.75, 3.05) is 17.7 Å². The van der Waals surface area contributed by atoms with Crippen LogP contribution < -0.4 is 10.6 Å². The van der Waals surface area contributed by atoms with E-state index in [-0.39, 0.29) is 0 Å². The summed E-state index contributed by atoms with van der Waals surface area (Å²) >= 11 is 10.8. The Morgan fingerprint density at radius 1 is 1.20 bits per heavy atom. The summed E-state index contributed by atoms with van der Waals surface area (Å²) in [5.41, 5.74) is 2.19. The highest BCUT2D eigenvalue weighted by Crippen LogP contribution is 2.35. The van der Waals surface area contributed by atoms with Gasteiger partial charge in [0.15, 0.2) is 0 Å². The van der Waals surface area contributed by atoms with E-state index in [0.29, 0.717) is 22.3 Å². The molecule has 2 N–H and O–H groups in total. The van der Waals surface area contributed by atoms with Gasteiger partial charge in [0.25, 0.3) is 0 Å². The first-order valence-electron chi connectivity index (χ1n) is 5.56. The second-order valence-corrected chi connectivity index (χ2v) is 5.54. The molecule has 6 nitrogen and oxygen atoms in total. The van der Waals surface area contributed by atoms with E-state index >= 15 is 0 Å². The van der Waals surface area contributed by atoms with E-state index in [1.807, 2.05) is 6.07 Å². The van der Waals surface area contributed by atoms with Gasteiger partial charge in [-0.2, -0.15) is 8.75 Å². The van der Waals surface area contributed by atoms with Gasteiger partial charge >= 0.3 is 0 Å². The molecule has 20 heavy (non-hydrogen) atoms. The average molecular weight is 372 g/mol. The Balaban J connectivity index is 2.10. The molecule has 0 saturated carbocycles. The van der Waals surface area contributed by atoms with Crippen LogP contribution in [0.5, 0.6) is 0 Å². The number of hydrogen-bond acceptors (Lipinski definition) is 7. The Morgan fingerprint density at radius 2 is 2.00 bits per heavy atom. The zero-order valence-corrected chi connectivity index (χ0v) is 13.3. The van der Waals surface area contributed by atoms with Crippen molar-refractivity contribution in [1.82, 2.24) is 18.7 Å². The number of hydrogen-bond donors (Lipinski definition) is 2. The van der Waals surface area contributed by atoms with Crippen molar-refractivity contribution >= 4 is 67.6 Å². The van der Waals surface area contributed by atoms with E-state index in [1.54, 1.807) is 13.1 Å². The standard InChI is InChI=1S/C11H8BrClN6S/c1-14-10-7(12)11(16-4-15-10)17-8-5(13)2-3-6-9(8)19-20-18-6/h2-4H,1H3,(H2,14,15,16,17). The van der Waals surface area contributed by atoms with E-state index < -0.39 is 0 Å². The molecule has 0 aliphatic rings. The van der Waals surface area contributed by atoms with Crippen LogP contribution in [0.25, 0.3) is 11.0 Å². The maximum absolute atomic E-state index is 6.24. The molecular weight excluding hydrogens is 364 g/mol. The summed E-state index contributed by atoms with van der Waals surface area (Å²) in [6.07, 6.45) is 1.46. The largest absolute Gasteiger partial charge is 0.372 e. The lowest BCUT2D eigenvalue weighted by atomic mass is 10.2. The summed E-state index contributed by atoms with van der Waals surface area (Å²) in [5.74, 6) is 1.29. The average Bonchev–Trinajstić information content (AvgIpc) is 2.92. The summed E-state index contributed by atoms with van der Waals surface area (Å²) in [5, 5.41) is 6.71. The molecule has 2 aromatic heterocycles. The lowest BCUT2D eigenvalue weighted by Crippen LogP contribution is -2.01. The highest BCUT2D eigenvalue weighted by molar-refractivity contribution is 9.10. The molecule has 102 valence electrons. The number of aromatic nitrogens is 4. The minimum Gasteiger partial charge on any atom is -0.372 e. The van der Waals surface area contributed by atoms with Crippen molar-refractivity contribution in [3.8, 4) is 0 Å². The number of anilines is 3. The summed E-state index contributed by atoms with van der Waals surface area (Å²) in [7, 11) is 1.79. The lowest BCUT2D eigenvalue weighted by molar-refractivity contribution is 1.14. The first kappa shape index (κ1) is 13.5. The molecule has 9 heteroatoms. The maximum atomic E-state index is 6.24. The second kappa shape index (κ2) is 5.47. The van der Waals surface area contributed by atoms with Crippen LogP contribution in [0.1, 0.15) is 0 Å². The predicted octanol–water partition coefficient (Wildman–Crippen LogP) is 3.68. The van der Waals surface area contributed by atoms with Gasteiger partial charge in [0.2, 0.25) is 0 Å². The van der Waals surface area contributed by atoms with Gasteiger partial charge in [-0.25, -0.2) is 9.97 Å². The first-order valence-corrected chi connectivity index (χ1v) is 7.47. The number of nitrogens with one attached hydrogen (secondary N) is 2. The molecule has 0 unspecified atom stereocenters. The molecule has 0 radical (unpaired) electrons. The molecule has 0 atom stereocenters. The molecule has 0 aliphatic carbocycles. The van der Waals surface area contributed by atoms with Crippen molar-refractivity contribution in [2.45, 2.75) is 0 Å². The molecular formula is C11H8BrClN6S. The number of halogens is 2. The fourth-order valence-electron chi connectivity index (χ4n) is 1.70. The molecule has 0 aliphatic heterocycles. The van der Waals surface area contributed by atoms with Crippen molar-refractivity contribution in [1.29, 1.82) is 0 Å². The van der Waals surface area contributed by atoms with Gasteiger partial charge in [-0.3, -0.25) is 0 Å². The minimum atomic E-state index is 0.557. The van der Waals surface area contributed by atoms with Crippen LogP contribution in [0, 0.1) is 0 Å². The third-order valence-corrected chi connectivity index (χ3v) is 4.26. The lowest BCUT2D eigenvalue weighted by Gasteiger charge is -2.11. The van der Waals surface area contributed by atoms with Gasteiger partial charge in [-0.05, 0) is 28.1 Å². The normalized spacial score (nSPS) is 10.8. The highest BCUT2D eigenvalue weighted by atomic mass is 79.9. The van der Waals surface area contributed by atoms with Gasteiger partial charge in [0.05, 0.1) is 22.4 Å². The Labute approximate surface area is 132 Å². The maximum Gasteiger partial charge on any atom is 0.150 e. The Bertz CT molecular complexity index is 777. The van der Waals surface area contributed by atoms with Crippen LogP contribution in [-0.2, 0) is 0 Å². The molecule has 0 spiro atoms. The zero-order chi connectivity index (χ0) is 14.1. The van der Waals surface area contributed by atoms with Crippen molar-refractivity contribution < 1.29 is 0 Å². The highest BCUT2D eigenvalue weighted by Gasteiger charge is 2.14. The topological polar surface area (TPSA) is 75.6 Å². The van der Waals surface area contributed by atoms with Crippen LogP contribution in [0.2, 0.25) is 5.02 Å². The third-order valence-electron chi connectivity index (χ3n) is 2.65. The van der Waals surface area contributed by atoms with E-state index in [4.69, 9.17) is 11.6 Å². The summed E-state index contributed by atoms with van der Waals surface area (Å²) in [6, 6.07) is 3.61. The minimum absolute atomic E-state index is 0.557. The Kier molecular flexibility index (Phi) is 3.68. The van der Waals surface area contributed by atoms with Crippen molar-refractivity contribution in [3.05, 3.63) is 28.0 Å². The molecule has 0 fully saturated rings.